The highest BCUT2D eigenvalue weighted by atomic mass is 16.3. The highest BCUT2D eigenvalue weighted by molar-refractivity contribution is 6.24. The summed E-state index contributed by atoms with van der Waals surface area (Å²) in [4.78, 5) is 0. The van der Waals surface area contributed by atoms with Gasteiger partial charge in [-0.3, -0.25) is 0 Å². The SMILES string of the molecule is [2H]c1cc([2H])c2c(-c3c([2H])c(-c4c([2H])c([2H])c([2H])c([2H])c4[2H])c([2H])c4c([2H])c([2H])c([2H])c([2H])c34)c3c([2H])c([2H])c([2H])c([2H])c3c(-c3c([2H])c([2H])c4oc5c([2H])c([2H])c([2H])c([2H])c5c4c3[2H])c2c1[2H]. The van der Waals surface area contributed by atoms with Gasteiger partial charge < -0.3 is 4.42 Å². The zero-order valence-electron chi connectivity index (χ0n) is 46.5. The Morgan fingerprint density at radius 3 is 1.84 bits per heavy atom. The molecule has 0 aliphatic heterocycles. The lowest BCUT2D eigenvalue weighted by atomic mass is 9.83. The maximum atomic E-state index is 9.89. The van der Waals surface area contributed by atoms with Crippen molar-refractivity contribution in [3.63, 3.8) is 0 Å². The molecule has 1 heterocycles. The summed E-state index contributed by atoms with van der Waals surface area (Å²) in [6.45, 7) is 0. The lowest BCUT2D eigenvalue weighted by Gasteiger charge is -2.19. The molecular weight excluding hydrogens is 520 g/mol. The van der Waals surface area contributed by atoms with E-state index in [1.54, 1.807) is 0 Å². The van der Waals surface area contributed by atoms with Gasteiger partial charge in [-0.05, 0) is 95.9 Å². The second-order valence-electron chi connectivity index (χ2n) is 9.32. The average molecular weight is 572 g/mol. The van der Waals surface area contributed by atoms with Gasteiger partial charge in [-0.2, -0.15) is 0 Å². The molecule has 0 radical (unpaired) electrons. The third-order valence-electron chi connectivity index (χ3n) is 7.00. The van der Waals surface area contributed by atoms with Crippen molar-refractivity contribution in [1.82, 2.24) is 0 Å². The molecule has 1 heteroatoms. The van der Waals surface area contributed by atoms with Gasteiger partial charge in [0, 0.05) is 10.8 Å². The molecule has 0 amide bonds. The summed E-state index contributed by atoms with van der Waals surface area (Å²) >= 11 is 0. The van der Waals surface area contributed by atoms with Crippen LogP contribution < -0.4 is 0 Å². The molecule has 0 aliphatic carbocycles. The summed E-state index contributed by atoms with van der Waals surface area (Å²) in [6, 6.07) is -20.8. The van der Waals surface area contributed by atoms with Crippen LogP contribution in [0.1, 0.15) is 34.3 Å². The molecule has 0 aliphatic rings. The van der Waals surface area contributed by atoms with E-state index in [0.29, 0.717) is 0 Å². The van der Waals surface area contributed by atoms with Crippen molar-refractivity contribution in [2.45, 2.75) is 0 Å². The van der Waals surface area contributed by atoms with Gasteiger partial charge >= 0.3 is 0 Å². The van der Waals surface area contributed by atoms with Crippen molar-refractivity contribution in [3.05, 3.63) is 157 Å². The second-order valence-corrected chi connectivity index (χ2v) is 9.32. The van der Waals surface area contributed by atoms with Crippen LogP contribution in [0.4, 0.5) is 0 Å². The van der Waals surface area contributed by atoms with Crippen molar-refractivity contribution in [2.75, 3.05) is 0 Å². The first-order valence-corrected chi connectivity index (χ1v) is 12.7. The van der Waals surface area contributed by atoms with Crippen LogP contribution in [-0.2, 0) is 0 Å². The quantitative estimate of drug-likeness (QED) is 0.192. The Hall–Kier alpha value is -5.66. The van der Waals surface area contributed by atoms with Crippen molar-refractivity contribution in [3.8, 4) is 33.4 Å². The summed E-state index contributed by atoms with van der Waals surface area (Å²) in [5.74, 6) is 0. The van der Waals surface area contributed by atoms with E-state index in [4.69, 9.17) is 26.3 Å². The Morgan fingerprint density at radius 1 is 0.372 bits per heavy atom. The largest absolute Gasteiger partial charge is 0.456 e. The molecule has 9 aromatic rings. The molecule has 0 saturated carbocycles. The number of para-hydroxylation sites is 1. The molecule has 0 unspecified atom stereocenters. The standard InChI is InChI=1S/C42H26O/c1-2-12-27(13-3-1)30-24-28-14-4-5-15-31(28)38(26-30)42-35-19-8-6-17-33(35)41(34-18-7-9-20-36(34)42)29-22-23-40-37(25-29)32-16-10-11-21-39(32)43-40/h1-26H/i1D,2D,3D,4D,5D,6D,7D,8D,10D,11D,12D,13D,14D,15D,16D,17D,18D,19D,20D,21D,22D,23D,24D,25D,26D. The summed E-state index contributed by atoms with van der Waals surface area (Å²) in [6.07, 6.45) is 0. The maximum Gasteiger partial charge on any atom is 0.135 e. The van der Waals surface area contributed by atoms with Crippen molar-refractivity contribution in [1.29, 1.82) is 0 Å². The molecule has 0 saturated heterocycles. The van der Waals surface area contributed by atoms with Gasteiger partial charge in [0.1, 0.15) is 11.2 Å². The first kappa shape index (κ1) is 9.97. The molecule has 0 bridgehead atoms. The Kier molecular flexibility index (Phi) is 2.19. The van der Waals surface area contributed by atoms with Crippen LogP contribution in [0.25, 0.3) is 87.6 Å². The molecular formula is C42H26O. The van der Waals surface area contributed by atoms with E-state index in [0.717, 1.165) is 6.07 Å². The minimum absolute atomic E-state index is 0.401. The Balaban J connectivity index is 1.66. The molecule has 200 valence electrons. The Labute approximate surface area is 284 Å². The van der Waals surface area contributed by atoms with Gasteiger partial charge in [0.05, 0.1) is 34.3 Å². The first-order valence-electron chi connectivity index (χ1n) is 25.2. The lowest BCUT2D eigenvalue weighted by Crippen LogP contribution is -1.92. The zero-order chi connectivity index (χ0) is 50.1. The van der Waals surface area contributed by atoms with Gasteiger partial charge in [0.15, 0.2) is 0 Å². The van der Waals surface area contributed by atoms with Gasteiger partial charge in [-0.25, -0.2) is 0 Å². The molecule has 8 aromatic carbocycles. The van der Waals surface area contributed by atoms with Gasteiger partial charge in [0.2, 0.25) is 0 Å². The Bertz CT molecular complexity index is 3880. The molecule has 0 fully saturated rings. The van der Waals surface area contributed by atoms with Crippen LogP contribution in [-0.4, -0.2) is 0 Å². The monoisotopic (exact) mass is 571 g/mol. The predicted octanol–water partition coefficient (Wildman–Crippen LogP) is 12.0. The van der Waals surface area contributed by atoms with E-state index >= 15 is 0 Å². The highest BCUT2D eigenvalue weighted by Gasteiger charge is 2.19. The van der Waals surface area contributed by atoms with Crippen molar-refractivity contribution in [2.24, 2.45) is 0 Å². The van der Waals surface area contributed by atoms with Crippen LogP contribution in [0.2, 0.25) is 0 Å². The fourth-order valence-corrected chi connectivity index (χ4v) is 5.23. The van der Waals surface area contributed by atoms with E-state index < -0.39 is 239 Å². The van der Waals surface area contributed by atoms with Crippen molar-refractivity contribution < 1.29 is 38.7 Å². The molecule has 0 atom stereocenters. The number of hydrogen-bond donors (Lipinski definition) is 0. The number of hydrogen-bond acceptors (Lipinski definition) is 1. The fourth-order valence-electron chi connectivity index (χ4n) is 5.23. The molecule has 0 spiro atoms. The van der Waals surface area contributed by atoms with E-state index in [2.05, 4.69) is 0 Å². The molecule has 9 rings (SSSR count). The normalized spacial score (nSPS) is 19.9. The van der Waals surface area contributed by atoms with E-state index in [1.165, 1.54) is 0 Å². The number of fused-ring (bicyclic) bond motifs is 6. The molecule has 43 heavy (non-hydrogen) atoms. The zero-order valence-corrected chi connectivity index (χ0v) is 21.5. The maximum absolute atomic E-state index is 9.89. The van der Waals surface area contributed by atoms with Crippen LogP contribution >= 0.6 is 0 Å². The van der Waals surface area contributed by atoms with Crippen LogP contribution in [0.15, 0.2) is 162 Å². The van der Waals surface area contributed by atoms with Crippen LogP contribution in [0, 0.1) is 0 Å². The van der Waals surface area contributed by atoms with Crippen LogP contribution in [0.5, 0.6) is 0 Å². The van der Waals surface area contributed by atoms with Crippen LogP contribution in [0.3, 0.4) is 0 Å². The second kappa shape index (κ2) is 9.44. The highest BCUT2D eigenvalue weighted by Crippen LogP contribution is 2.47. The smallest absolute Gasteiger partial charge is 0.135 e. The van der Waals surface area contributed by atoms with E-state index in [-0.39, 0.29) is 0 Å². The number of furan rings is 1. The van der Waals surface area contributed by atoms with Gasteiger partial charge in [-0.1, -0.05) is 127 Å². The van der Waals surface area contributed by atoms with Gasteiger partial charge in [-0.15, -0.1) is 0 Å². The first-order chi connectivity index (χ1) is 31.7. The Morgan fingerprint density at radius 2 is 1.00 bits per heavy atom. The summed E-state index contributed by atoms with van der Waals surface area (Å²) in [5, 5.41) is -4.77. The minimum Gasteiger partial charge on any atom is -0.456 e. The number of rotatable bonds is 3. The third kappa shape index (κ3) is 3.72. The summed E-state index contributed by atoms with van der Waals surface area (Å²) in [5.41, 5.74) is -5.29. The molecule has 0 N–H and O–H groups in total. The summed E-state index contributed by atoms with van der Waals surface area (Å²) < 4.78 is 230. The summed E-state index contributed by atoms with van der Waals surface area (Å²) in [7, 11) is 0. The topological polar surface area (TPSA) is 13.1 Å². The predicted molar refractivity (Wildman–Crippen MR) is 183 cm³/mol. The van der Waals surface area contributed by atoms with Crippen molar-refractivity contribution >= 4 is 54.3 Å². The lowest BCUT2D eigenvalue weighted by molar-refractivity contribution is 0.669. The molecule has 1 nitrogen and oxygen atoms in total. The van der Waals surface area contributed by atoms with Gasteiger partial charge in [0.25, 0.3) is 0 Å². The third-order valence-corrected chi connectivity index (χ3v) is 7.00. The van der Waals surface area contributed by atoms with E-state index in [1.807, 2.05) is 0 Å². The average Bonchev–Trinajstić information content (AvgIpc) is 3.72. The fraction of sp³-hybridized carbons (Fsp3) is 0. The minimum atomic E-state index is -0.995. The number of benzene rings is 8. The van der Waals surface area contributed by atoms with E-state index in [9.17, 15) is 12.3 Å². The molecule has 1 aromatic heterocycles.